The van der Waals surface area contributed by atoms with E-state index in [1.165, 1.54) is 0 Å². The Morgan fingerprint density at radius 3 is 2.00 bits per heavy atom. The average molecular weight is 255 g/mol. The number of hydrogen-bond donors (Lipinski definition) is 0. The SMILES string of the molecule is Cl[C@@H](Br)I. The van der Waals surface area contributed by atoms with E-state index in [9.17, 15) is 0 Å². The first-order valence-electron chi connectivity index (χ1n) is 0.655. The normalized spacial score (nSPS) is 15.8. The third kappa shape index (κ3) is 9.72. The van der Waals surface area contributed by atoms with Crippen LogP contribution < -0.4 is 0 Å². The summed E-state index contributed by atoms with van der Waals surface area (Å²) < 4.78 is 0.0881. The third-order valence-corrected chi connectivity index (χ3v) is 0. The highest BCUT2D eigenvalue weighted by Crippen LogP contribution is 2.11. The van der Waals surface area contributed by atoms with Crippen molar-refractivity contribution in [2.75, 3.05) is 0 Å². The zero-order valence-electron chi connectivity index (χ0n) is 1.71. The molecule has 0 amide bonds. The van der Waals surface area contributed by atoms with Gasteiger partial charge in [0.05, 0.1) is 0 Å². The van der Waals surface area contributed by atoms with Crippen LogP contribution in [0, 0.1) is 0 Å². The molecule has 0 heterocycles. The predicted octanol–water partition coefficient (Wildman–Crippen LogP) is 2.34. The monoisotopic (exact) mass is 254 g/mol. The van der Waals surface area contributed by atoms with Crippen molar-refractivity contribution in [2.24, 2.45) is 0 Å². The Morgan fingerprint density at radius 1 is 2.00 bits per heavy atom. The molecule has 0 rings (SSSR count). The fourth-order valence-corrected chi connectivity index (χ4v) is 0. The standard InChI is InChI=1S/CHBrClI/c2-1(3)4/h1H/t1-/m1/s1. The van der Waals surface area contributed by atoms with Crippen molar-refractivity contribution in [1.82, 2.24) is 0 Å². The summed E-state index contributed by atoms with van der Waals surface area (Å²) in [5.74, 6) is 0. The second kappa shape index (κ2) is 2.72. The van der Waals surface area contributed by atoms with Gasteiger partial charge in [0.25, 0.3) is 0 Å². The minimum Gasteiger partial charge on any atom is -0.0987 e. The molecule has 0 aliphatic rings. The third-order valence-electron chi connectivity index (χ3n) is 0. The van der Waals surface area contributed by atoms with E-state index in [1.54, 1.807) is 0 Å². The molecule has 0 unspecified atom stereocenters. The second-order valence-electron chi connectivity index (χ2n) is 0.247. The van der Waals surface area contributed by atoms with E-state index in [2.05, 4.69) is 15.9 Å². The van der Waals surface area contributed by atoms with Gasteiger partial charge in [-0.15, -0.1) is 0 Å². The van der Waals surface area contributed by atoms with Gasteiger partial charge in [-0.1, -0.05) is 50.1 Å². The maximum Gasteiger partial charge on any atom is 0.139 e. The molecule has 0 fully saturated rings. The Hall–Kier alpha value is 1.50. The summed E-state index contributed by atoms with van der Waals surface area (Å²) >= 11 is 10.2. The van der Waals surface area contributed by atoms with Gasteiger partial charge in [-0.3, -0.25) is 0 Å². The van der Waals surface area contributed by atoms with Crippen molar-refractivity contribution in [3.05, 3.63) is 0 Å². The topological polar surface area (TPSA) is 0 Å². The lowest BCUT2D eigenvalue weighted by Gasteiger charge is -1.70. The van der Waals surface area contributed by atoms with E-state index < -0.39 is 0 Å². The average Bonchev–Trinajstić information content (AvgIpc) is 0.811. The van der Waals surface area contributed by atoms with Crippen LogP contribution in [-0.2, 0) is 0 Å². The molecule has 0 nitrogen and oxygen atoms in total. The summed E-state index contributed by atoms with van der Waals surface area (Å²) in [7, 11) is 0. The van der Waals surface area contributed by atoms with Crippen LogP contribution in [0.2, 0.25) is 0 Å². The summed E-state index contributed by atoms with van der Waals surface area (Å²) in [4.78, 5) is 0. The molecule has 0 aliphatic heterocycles. The zero-order chi connectivity index (χ0) is 3.58. The van der Waals surface area contributed by atoms with Crippen molar-refractivity contribution < 1.29 is 0 Å². The van der Waals surface area contributed by atoms with Crippen molar-refractivity contribution in [3.8, 4) is 0 Å². The molecule has 0 N–H and O–H groups in total. The molecule has 1 atom stereocenters. The van der Waals surface area contributed by atoms with Gasteiger partial charge in [-0.05, 0) is 0 Å². The molecule has 0 saturated heterocycles. The largest absolute Gasteiger partial charge is 0.139 e. The number of halogens is 3. The lowest BCUT2D eigenvalue weighted by Crippen LogP contribution is -1.50. The molecule has 0 aromatic carbocycles. The Balaban J connectivity index is 2.32. The van der Waals surface area contributed by atoms with Gasteiger partial charge in [0.2, 0.25) is 0 Å². The van der Waals surface area contributed by atoms with Crippen LogP contribution in [0.3, 0.4) is 0 Å². The quantitative estimate of drug-likeness (QED) is 0.460. The summed E-state index contributed by atoms with van der Waals surface area (Å²) in [5.41, 5.74) is 0. The molecule has 26 valence electrons. The molecule has 4 heavy (non-hydrogen) atoms. The van der Waals surface area contributed by atoms with Crippen LogP contribution >= 0.6 is 50.1 Å². The summed E-state index contributed by atoms with van der Waals surface area (Å²) in [6, 6.07) is 0. The van der Waals surface area contributed by atoms with Gasteiger partial charge in [0.1, 0.15) is 2.29 Å². The molecule has 0 spiro atoms. The van der Waals surface area contributed by atoms with Crippen LogP contribution in [0.1, 0.15) is 0 Å². The molecule has 0 radical (unpaired) electrons. The first-order valence-corrected chi connectivity index (χ1v) is 3.25. The van der Waals surface area contributed by atoms with E-state index in [1.807, 2.05) is 22.6 Å². The van der Waals surface area contributed by atoms with Crippen molar-refractivity contribution >= 4 is 50.1 Å². The Bertz CT molecular complexity index is 12.8. The zero-order valence-corrected chi connectivity index (χ0v) is 6.21. The van der Waals surface area contributed by atoms with Crippen molar-refractivity contribution in [3.63, 3.8) is 0 Å². The van der Waals surface area contributed by atoms with E-state index >= 15 is 0 Å². The summed E-state index contributed by atoms with van der Waals surface area (Å²) in [6.45, 7) is 0. The smallest absolute Gasteiger partial charge is 0.0987 e. The second-order valence-corrected chi connectivity index (χ2v) is 5.82. The number of rotatable bonds is 0. The highest BCUT2D eigenvalue weighted by Gasteiger charge is 1.77. The predicted molar refractivity (Wildman–Crippen MR) is 32.6 cm³/mol. The Morgan fingerprint density at radius 2 is 2.00 bits per heavy atom. The fraction of sp³-hybridized carbons (Fsp3) is 1.00. The van der Waals surface area contributed by atoms with Gasteiger partial charge in [0.15, 0.2) is 0 Å². The first kappa shape index (κ1) is 5.50. The van der Waals surface area contributed by atoms with E-state index in [0.29, 0.717) is 0 Å². The molecule has 0 saturated carbocycles. The van der Waals surface area contributed by atoms with Gasteiger partial charge in [-0.25, -0.2) is 0 Å². The molecule has 0 bridgehead atoms. The highest BCUT2D eigenvalue weighted by atomic mass is 127. The minimum atomic E-state index is 0.0881. The van der Waals surface area contributed by atoms with Crippen LogP contribution in [0.25, 0.3) is 0 Å². The van der Waals surface area contributed by atoms with E-state index in [4.69, 9.17) is 11.6 Å². The first-order chi connectivity index (χ1) is 1.73. The van der Waals surface area contributed by atoms with E-state index in [-0.39, 0.29) is 2.29 Å². The lowest BCUT2D eigenvalue weighted by molar-refractivity contribution is 2.22. The molecular formula is CHBrClI. The van der Waals surface area contributed by atoms with Crippen LogP contribution in [0.4, 0.5) is 0 Å². The number of hydrogen-bond acceptors (Lipinski definition) is 0. The summed E-state index contributed by atoms with van der Waals surface area (Å²) in [5, 5.41) is 0. The van der Waals surface area contributed by atoms with Crippen LogP contribution in [0.15, 0.2) is 0 Å². The van der Waals surface area contributed by atoms with Crippen molar-refractivity contribution in [1.29, 1.82) is 0 Å². The molecule has 0 aromatic rings. The molecular weight excluding hydrogens is 254 g/mol. The van der Waals surface area contributed by atoms with Crippen LogP contribution in [0.5, 0.6) is 0 Å². The van der Waals surface area contributed by atoms with Gasteiger partial charge >= 0.3 is 0 Å². The van der Waals surface area contributed by atoms with Gasteiger partial charge in [0, 0.05) is 0 Å². The van der Waals surface area contributed by atoms with E-state index in [0.717, 1.165) is 0 Å². The lowest BCUT2D eigenvalue weighted by atomic mass is 11.9. The number of alkyl halides is 3. The Labute approximate surface area is 52.2 Å². The Kier molecular flexibility index (Phi) is 3.74. The van der Waals surface area contributed by atoms with Crippen LogP contribution in [-0.4, -0.2) is 2.29 Å². The van der Waals surface area contributed by atoms with Gasteiger partial charge < -0.3 is 0 Å². The minimum absolute atomic E-state index is 0.0881. The summed E-state index contributed by atoms with van der Waals surface area (Å²) in [6.07, 6.45) is 0. The molecule has 0 aromatic heterocycles. The van der Waals surface area contributed by atoms with Gasteiger partial charge in [-0.2, -0.15) is 0 Å². The fourth-order valence-electron chi connectivity index (χ4n) is 0. The maximum absolute atomic E-state index is 5.18. The van der Waals surface area contributed by atoms with Crippen molar-refractivity contribution in [2.45, 2.75) is 2.29 Å². The molecule has 3 heteroatoms. The maximum atomic E-state index is 5.18. The molecule has 0 aliphatic carbocycles. The highest BCUT2D eigenvalue weighted by molar-refractivity contribution is 14.1.